The van der Waals surface area contributed by atoms with Crippen LogP contribution >= 0.6 is 11.3 Å². The van der Waals surface area contributed by atoms with Crippen molar-refractivity contribution in [1.29, 1.82) is 0 Å². The molecule has 0 aliphatic carbocycles. The van der Waals surface area contributed by atoms with Gasteiger partial charge in [-0.15, -0.1) is 11.3 Å². The van der Waals surface area contributed by atoms with Gasteiger partial charge in [0.2, 0.25) is 0 Å². The molecule has 2 rings (SSSR count). The van der Waals surface area contributed by atoms with Gasteiger partial charge in [-0.1, -0.05) is 0 Å². The monoisotopic (exact) mass is 347 g/mol. The lowest BCUT2D eigenvalue weighted by Crippen LogP contribution is -2.51. The summed E-state index contributed by atoms with van der Waals surface area (Å²) in [5.74, 6) is -1.32. The van der Waals surface area contributed by atoms with Crippen LogP contribution in [-0.2, 0) is 20.5 Å². The molecule has 1 aromatic heterocycles. The van der Waals surface area contributed by atoms with Crippen LogP contribution in [0.1, 0.15) is 36.6 Å². The van der Waals surface area contributed by atoms with Crippen LogP contribution in [0.4, 0.5) is 0 Å². The number of piperidine rings is 1. The summed E-state index contributed by atoms with van der Waals surface area (Å²) in [6.07, 6.45) is 2.40. The quantitative estimate of drug-likeness (QED) is 0.837. The van der Waals surface area contributed by atoms with Crippen molar-refractivity contribution in [3.8, 4) is 0 Å². The van der Waals surface area contributed by atoms with Gasteiger partial charge in [-0.25, -0.2) is 4.98 Å². The first-order chi connectivity index (χ1) is 10.1. The summed E-state index contributed by atoms with van der Waals surface area (Å²) < 4.78 is 29.0. The number of hydrogen-bond donors (Lipinski definition) is 2. The van der Waals surface area contributed by atoms with Crippen molar-refractivity contribution in [2.75, 3.05) is 13.1 Å². The zero-order chi connectivity index (χ0) is 16.5. The van der Waals surface area contributed by atoms with Gasteiger partial charge in [0.1, 0.15) is 5.01 Å². The third-order valence-electron chi connectivity index (χ3n) is 3.68. The summed E-state index contributed by atoms with van der Waals surface area (Å²) in [4.78, 5) is 16.2. The molecule has 2 heterocycles. The predicted octanol–water partition coefficient (Wildman–Crippen LogP) is 1.32. The second-order valence-electron chi connectivity index (χ2n) is 6.02. The number of aromatic nitrogens is 1. The minimum atomic E-state index is -3.67. The normalized spacial score (nSPS) is 18.5. The first-order valence-electron chi connectivity index (χ1n) is 7.06. The topological polar surface area (TPSA) is 99.6 Å². The van der Waals surface area contributed by atoms with Crippen LogP contribution in [0.25, 0.3) is 0 Å². The van der Waals surface area contributed by atoms with Gasteiger partial charge in [0.25, 0.3) is 10.2 Å². The second kappa shape index (κ2) is 6.23. The highest BCUT2D eigenvalue weighted by molar-refractivity contribution is 7.87. The third-order valence-corrected chi connectivity index (χ3v) is 6.73. The second-order valence-corrected chi connectivity index (χ2v) is 8.93. The Morgan fingerprint density at radius 1 is 1.45 bits per heavy atom. The van der Waals surface area contributed by atoms with Crippen molar-refractivity contribution in [2.24, 2.45) is 5.92 Å². The molecule has 1 aliphatic rings. The molecule has 0 radical (unpaired) electrons. The molecule has 22 heavy (non-hydrogen) atoms. The highest BCUT2D eigenvalue weighted by atomic mass is 32.2. The molecule has 1 aliphatic heterocycles. The van der Waals surface area contributed by atoms with E-state index in [2.05, 4.69) is 9.71 Å². The van der Waals surface area contributed by atoms with Gasteiger partial charge in [0.05, 0.1) is 11.5 Å². The Kier molecular flexibility index (Phi) is 4.90. The Bertz CT molecular complexity index is 646. The maximum atomic E-state index is 12.5. The maximum absolute atomic E-state index is 12.5. The predicted molar refractivity (Wildman–Crippen MR) is 83.9 cm³/mol. The van der Waals surface area contributed by atoms with Crippen molar-refractivity contribution in [2.45, 2.75) is 39.2 Å². The summed E-state index contributed by atoms with van der Waals surface area (Å²) in [7, 11) is -3.67. The van der Waals surface area contributed by atoms with Crippen molar-refractivity contribution in [3.63, 3.8) is 0 Å². The highest BCUT2D eigenvalue weighted by Crippen LogP contribution is 2.27. The summed E-state index contributed by atoms with van der Waals surface area (Å²) in [6.45, 7) is 5.90. The number of carboxylic acids is 1. The van der Waals surface area contributed by atoms with Gasteiger partial charge in [0.15, 0.2) is 0 Å². The summed E-state index contributed by atoms with van der Waals surface area (Å²) >= 11 is 1.45. The minimum Gasteiger partial charge on any atom is -0.481 e. The average molecular weight is 347 g/mol. The Morgan fingerprint density at radius 2 is 2.05 bits per heavy atom. The number of rotatable bonds is 5. The third kappa shape index (κ3) is 3.83. The molecule has 0 amide bonds. The van der Waals surface area contributed by atoms with E-state index in [1.807, 2.05) is 6.92 Å². The Hall–Kier alpha value is -1.03. The van der Waals surface area contributed by atoms with E-state index < -0.39 is 27.6 Å². The molecule has 0 spiro atoms. The van der Waals surface area contributed by atoms with Gasteiger partial charge in [-0.3, -0.25) is 4.79 Å². The van der Waals surface area contributed by atoms with E-state index in [1.165, 1.54) is 15.6 Å². The fourth-order valence-electron chi connectivity index (χ4n) is 2.42. The first-order valence-corrected chi connectivity index (χ1v) is 9.32. The molecule has 0 bridgehead atoms. The van der Waals surface area contributed by atoms with E-state index in [4.69, 9.17) is 5.11 Å². The number of carboxylic acid groups (broad SMARTS) is 1. The maximum Gasteiger partial charge on any atom is 0.306 e. The first kappa shape index (κ1) is 17.3. The van der Waals surface area contributed by atoms with Crippen LogP contribution in [0.2, 0.25) is 0 Å². The number of carbonyl (C=O) groups is 1. The van der Waals surface area contributed by atoms with E-state index in [1.54, 1.807) is 20.0 Å². The molecule has 0 saturated carbocycles. The number of aliphatic carboxylic acids is 1. The number of hydrogen-bond acceptors (Lipinski definition) is 5. The van der Waals surface area contributed by atoms with Gasteiger partial charge >= 0.3 is 5.97 Å². The summed E-state index contributed by atoms with van der Waals surface area (Å²) in [5.41, 5.74) is -0.804. The van der Waals surface area contributed by atoms with Crippen molar-refractivity contribution < 1.29 is 18.3 Å². The van der Waals surface area contributed by atoms with Gasteiger partial charge in [-0.2, -0.15) is 17.4 Å². The van der Waals surface area contributed by atoms with Crippen LogP contribution < -0.4 is 4.72 Å². The van der Waals surface area contributed by atoms with Crippen LogP contribution in [0.3, 0.4) is 0 Å². The molecule has 7 nitrogen and oxygen atoms in total. The Morgan fingerprint density at radius 3 is 2.50 bits per heavy atom. The number of aryl methyl sites for hydroxylation is 1. The summed E-state index contributed by atoms with van der Waals surface area (Å²) in [5, 5.41) is 9.68. The standard InChI is InChI=1S/C13H21N3O4S2/c1-9-8-14-12(21-9)13(2,3)15-22(19,20)16-6-4-10(5-7-16)11(17)18/h8,10,15H,4-7H2,1-3H3,(H,17,18). The molecule has 0 aromatic carbocycles. The van der Waals surface area contributed by atoms with E-state index in [0.29, 0.717) is 17.8 Å². The molecule has 9 heteroatoms. The number of thiazole rings is 1. The SMILES string of the molecule is Cc1cnc(C(C)(C)NS(=O)(=O)N2CCC(C(=O)O)CC2)s1. The molecule has 1 fully saturated rings. The fraction of sp³-hybridized carbons (Fsp3) is 0.692. The molecule has 0 atom stereocenters. The van der Waals surface area contributed by atoms with Crippen LogP contribution in [0.5, 0.6) is 0 Å². The Balaban J connectivity index is 2.07. The molecule has 124 valence electrons. The molecule has 2 N–H and O–H groups in total. The largest absolute Gasteiger partial charge is 0.481 e. The van der Waals surface area contributed by atoms with E-state index in [9.17, 15) is 13.2 Å². The molecular formula is C13H21N3O4S2. The Labute approximate surface area is 134 Å². The fourth-order valence-corrected chi connectivity index (χ4v) is 4.87. The van der Waals surface area contributed by atoms with Crippen molar-refractivity contribution in [1.82, 2.24) is 14.0 Å². The van der Waals surface area contributed by atoms with Crippen LogP contribution in [0, 0.1) is 12.8 Å². The lowest BCUT2D eigenvalue weighted by molar-refractivity contribution is -0.142. The smallest absolute Gasteiger partial charge is 0.306 e. The zero-order valence-corrected chi connectivity index (χ0v) is 14.5. The average Bonchev–Trinajstić information content (AvgIpc) is 2.85. The lowest BCUT2D eigenvalue weighted by Gasteiger charge is -2.32. The van der Waals surface area contributed by atoms with Crippen molar-refractivity contribution >= 4 is 27.5 Å². The molecule has 1 saturated heterocycles. The van der Waals surface area contributed by atoms with Gasteiger partial charge in [0, 0.05) is 24.2 Å². The number of nitrogens with one attached hydrogen (secondary N) is 1. The minimum absolute atomic E-state index is 0.222. The molecule has 0 unspecified atom stereocenters. The van der Waals surface area contributed by atoms with Crippen molar-refractivity contribution in [3.05, 3.63) is 16.1 Å². The molecule has 1 aromatic rings. The lowest BCUT2D eigenvalue weighted by atomic mass is 9.99. The van der Waals surface area contributed by atoms with Crippen LogP contribution in [0.15, 0.2) is 6.20 Å². The van der Waals surface area contributed by atoms with Gasteiger partial charge in [-0.05, 0) is 33.6 Å². The van der Waals surface area contributed by atoms with E-state index in [0.717, 1.165) is 4.88 Å². The van der Waals surface area contributed by atoms with Crippen LogP contribution in [-0.4, -0.2) is 41.9 Å². The highest BCUT2D eigenvalue weighted by Gasteiger charge is 2.36. The van der Waals surface area contributed by atoms with E-state index >= 15 is 0 Å². The number of nitrogens with zero attached hydrogens (tertiary/aromatic N) is 2. The van der Waals surface area contributed by atoms with Gasteiger partial charge < -0.3 is 5.11 Å². The molecular weight excluding hydrogens is 326 g/mol. The summed E-state index contributed by atoms with van der Waals surface area (Å²) in [6, 6.07) is 0. The van der Waals surface area contributed by atoms with E-state index in [-0.39, 0.29) is 13.1 Å². The zero-order valence-electron chi connectivity index (χ0n) is 12.9.